The minimum absolute atomic E-state index is 0.961. The summed E-state index contributed by atoms with van der Waals surface area (Å²) < 4.78 is 0. The van der Waals surface area contributed by atoms with E-state index in [-0.39, 0.29) is 0 Å². The summed E-state index contributed by atoms with van der Waals surface area (Å²) in [5.41, 5.74) is 2.18. The van der Waals surface area contributed by atoms with Crippen molar-refractivity contribution < 1.29 is 0 Å². The standard InChI is InChI=1S/C26H40/c1-5-9-13-16-20-24-26(23-19-15-11-7-3)25(21-17-12-8-4)22-18-14-10-6-2/h5-17,21H2,1-4H3/b26-25-. The molecule has 0 heteroatoms. The smallest absolute Gasteiger partial charge is 0.0859 e. The molecular weight excluding hydrogens is 312 g/mol. The summed E-state index contributed by atoms with van der Waals surface area (Å²) in [4.78, 5) is 0. The van der Waals surface area contributed by atoms with Crippen LogP contribution in [0.4, 0.5) is 0 Å². The lowest BCUT2D eigenvalue weighted by Gasteiger charge is -2.01. The molecule has 0 saturated carbocycles. The van der Waals surface area contributed by atoms with Gasteiger partial charge in [0.1, 0.15) is 0 Å². The third-order valence-corrected chi connectivity index (χ3v) is 4.21. The molecular formula is C26H40. The normalized spacial score (nSPS) is 10.6. The van der Waals surface area contributed by atoms with E-state index in [1.165, 1.54) is 63.4 Å². The molecule has 0 fully saturated rings. The molecule has 0 aromatic heterocycles. The van der Waals surface area contributed by atoms with Crippen LogP contribution in [0.2, 0.25) is 0 Å². The van der Waals surface area contributed by atoms with Gasteiger partial charge in [0.05, 0.1) is 5.57 Å². The van der Waals surface area contributed by atoms with Gasteiger partial charge in [0.25, 0.3) is 0 Å². The lowest BCUT2D eigenvalue weighted by molar-refractivity contribution is 0.720. The summed E-state index contributed by atoms with van der Waals surface area (Å²) in [6.07, 6.45) is 16.0. The van der Waals surface area contributed by atoms with E-state index in [4.69, 9.17) is 0 Å². The summed E-state index contributed by atoms with van der Waals surface area (Å²) in [6, 6.07) is 0. The molecule has 144 valence electrons. The predicted molar refractivity (Wildman–Crippen MR) is 118 cm³/mol. The van der Waals surface area contributed by atoms with E-state index < -0.39 is 0 Å². The zero-order chi connectivity index (χ0) is 19.3. The third kappa shape index (κ3) is 14.7. The van der Waals surface area contributed by atoms with E-state index in [0.29, 0.717) is 0 Å². The average Bonchev–Trinajstić information content (AvgIpc) is 2.65. The van der Waals surface area contributed by atoms with Crippen molar-refractivity contribution in [3.8, 4) is 35.5 Å². The highest BCUT2D eigenvalue weighted by molar-refractivity contribution is 5.53. The molecule has 0 unspecified atom stereocenters. The fourth-order valence-electron chi connectivity index (χ4n) is 2.45. The second-order valence-corrected chi connectivity index (χ2v) is 6.88. The topological polar surface area (TPSA) is 0 Å². The van der Waals surface area contributed by atoms with Gasteiger partial charge in [0.15, 0.2) is 0 Å². The number of unbranched alkanes of at least 4 members (excludes halogenated alkanes) is 9. The van der Waals surface area contributed by atoms with Gasteiger partial charge < -0.3 is 0 Å². The Labute approximate surface area is 164 Å². The Morgan fingerprint density at radius 1 is 0.500 bits per heavy atom. The minimum Gasteiger partial charge on any atom is -0.0982 e. The summed E-state index contributed by atoms with van der Waals surface area (Å²) in [5.74, 6) is 20.2. The largest absolute Gasteiger partial charge is 0.0982 e. The van der Waals surface area contributed by atoms with Crippen LogP contribution in [0.3, 0.4) is 0 Å². The van der Waals surface area contributed by atoms with Crippen molar-refractivity contribution in [3.05, 3.63) is 11.1 Å². The molecule has 0 N–H and O–H groups in total. The van der Waals surface area contributed by atoms with Gasteiger partial charge in [-0.15, -0.1) is 0 Å². The summed E-state index contributed by atoms with van der Waals surface area (Å²) >= 11 is 0. The van der Waals surface area contributed by atoms with Crippen molar-refractivity contribution in [2.45, 2.75) is 118 Å². The van der Waals surface area contributed by atoms with Crippen molar-refractivity contribution in [3.63, 3.8) is 0 Å². The van der Waals surface area contributed by atoms with Gasteiger partial charge in [0.2, 0.25) is 0 Å². The van der Waals surface area contributed by atoms with Crippen LogP contribution in [0.15, 0.2) is 11.1 Å². The maximum Gasteiger partial charge on any atom is 0.0859 e. The minimum atomic E-state index is 0.961. The van der Waals surface area contributed by atoms with E-state index >= 15 is 0 Å². The molecule has 0 aliphatic rings. The lowest BCUT2D eigenvalue weighted by atomic mass is 10.0. The van der Waals surface area contributed by atoms with Crippen molar-refractivity contribution >= 4 is 0 Å². The molecule has 0 aromatic carbocycles. The van der Waals surface area contributed by atoms with Crippen LogP contribution in [0, 0.1) is 35.5 Å². The molecule has 0 heterocycles. The molecule has 0 aliphatic heterocycles. The second-order valence-electron chi connectivity index (χ2n) is 6.88. The Hall–Kier alpha value is -1.58. The van der Waals surface area contributed by atoms with E-state index in [1.807, 2.05) is 0 Å². The van der Waals surface area contributed by atoms with Crippen molar-refractivity contribution in [1.29, 1.82) is 0 Å². The molecule has 0 amide bonds. The van der Waals surface area contributed by atoms with Crippen LogP contribution in [0.1, 0.15) is 118 Å². The fraction of sp³-hybridized carbons (Fsp3) is 0.692. The van der Waals surface area contributed by atoms with Crippen LogP contribution in [0.5, 0.6) is 0 Å². The number of hydrogen-bond donors (Lipinski definition) is 0. The fourth-order valence-corrected chi connectivity index (χ4v) is 2.45. The molecule has 26 heavy (non-hydrogen) atoms. The quantitative estimate of drug-likeness (QED) is 0.262. The van der Waals surface area contributed by atoms with Gasteiger partial charge in [-0.05, 0) is 32.1 Å². The molecule has 0 nitrogen and oxygen atoms in total. The Bertz CT molecular complexity index is 542. The Kier molecular flexibility index (Phi) is 18.5. The first-order valence-electron chi connectivity index (χ1n) is 11.0. The zero-order valence-electron chi connectivity index (χ0n) is 17.9. The highest BCUT2D eigenvalue weighted by Gasteiger charge is 2.01. The second kappa shape index (κ2) is 19.7. The highest BCUT2D eigenvalue weighted by Crippen LogP contribution is 2.13. The molecule has 0 spiro atoms. The third-order valence-electron chi connectivity index (χ3n) is 4.21. The number of allylic oxidation sites excluding steroid dienone is 2. The summed E-state index contributed by atoms with van der Waals surface area (Å²) in [7, 11) is 0. The zero-order valence-corrected chi connectivity index (χ0v) is 17.9. The van der Waals surface area contributed by atoms with Crippen LogP contribution in [-0.4, -0.2) is 0 Å². The first-order valence-corrected chi connectivity index (χ1v) is 11.0. The molecule has 0 radical (unpaired) electrons. The van der Waals surface area contributed by atoms with Gasteiger partial charge in [-0.25, -0.2) is 0 Å². The number of rotatable bonds is 11. The van der Waals surface area contributed by atoms with Crippen molar-refractivity contribution in [1.82, 2.24) is 0 Å². The first kappa shape index (κ1) is 24.4. The number of hydrogen-bond acceptors (Lipinski definition) is 0. The Morgan fingerprint density at radius 2 is 0.962 bits per heavy atom. The van der Waals surface area contributed by atoms with E-state index in [1.54, 1.807) is 0 Å². The van der Waals surface area contributed by atoms with Gasteiger partial charge in [-0.1, -0.05) is 102 Å². The van der Waals surface area contributed by atoms with E-state index in [2.05, 4.69) is 63.2 Å². The predicted octanol–water partition coefficient (Wildman–Crippen LogP) is 7.83. The first-order chi connectivity index (χ1) is 12.8. The molecule has 0 bridgehead atoms. The van der Waals surface area contributed by atoms with Crippen LogP contribution >= 0.6 is 0 Å². The van der Waals surface area contributed by atoms with Crippen LogP contribution in [0.25, 0.3) is 0 Å². The van der Waals surface area contributed by atoms with Gasteiger partial charge in [0, 0.05) is 24.8 Å². The Balaban J connectivity index is 5.37. The summed E-state index contributed by atoms with van der Waals surface area (Å²) in [6.45, 7) is 8.90. The average molecular weight is 353 g/mol. The monoisotopic (exact) mass is 352 g/mol. The molecule has 0 aliphatic carbocycles. The van der Waals surface area contributed by atoms with Crippen LogP contribution in [-0.2, 0) is 0 Å². The lowest BCUT2D eigenvalue weighted by Crippen LogP contribution is -1.89. The Morgan fingerprint density at radius 3 is 1.50 bits per heavy atom. The SMILES string of the molecule is CCCCC#C/C(C#CCCCCC)=C(/C#CCCCC)CCCCC. The van der Waals surface area contributed by atoms with E-state index in [9.17, 15) is 0 Å². The molecule has 0 saturated heterocycles. The molecule has 0 rings (SSSR count). The van der Waals surface area contributed by atoms with Gasteiger partial charge in [-0.3, -0.25) is 0 Å². The maximum atomic E-state index is 3.43. The maximum absolute atomic E-state index is 3.43. The highest BCUT2D eigenvalue weighted by atomic mass is 14.0. The van der Waals surface area contributed by atoms with Gasteiger partial charge in [-0.2, -0.15) is 0 Å². The summed E-state index contributed by atoms with van der Waals surface area (Å²) in [5, 5.41) is 0. The van der Waals surface area contributed by atoms with Crippen LogP contribution < -0.4 is 0 Å². The van der Waals surface area contributed by atoms with Crippen molar-refractivity contribution in [2.75, 3.05) is 0 Å². The van der Waals surface area contributed by atoms with E-state index in [0.717, 1.165) is 37.7 Å². The van der Waals surface area contributed by atoms with Crippen molar-refractivity contribution in [2.24, 2.45) is 0 Å². The van der Waals surface area contributed by atoms with Gasteiger partial charge >= 0.3 is 0 Å². The molecule has 0 aromatic rings. The molecule has 0 atom stereocenters.